The van der Waals surface area contributed by atoms with Crippen molar-refractivity contribution in [2.45, 2.75) is 19.0 Å². The molecule has 4 heteroatoms. The topological polar surface area (TPSA) is 36.7 Å². The second kappa shape index (κ2) is 5.52. The zero-order chi connectivity index (χ0) is 11.3. The van der Waals surface area contributed by atoms with Crippen molar-refractivity contribution in [1.82, 2.24) is 10.2 Å². The summed E-state index contributed by atoms with van der Waals surface area (Å²) in [5.41, 5.74) is 0. The van der Waals surface area contributed by atoms with Crippen molar-refractivity contribution in [3.8, 4) is 0 Å². The smallest absolute Gasteiger partial charge is 0.301 e. The molecule has 0 spiro atoms. The van der Waals surface area contributed by atoms with Crippen molar-refractivity contribution in [3.05, 3.63) is 24.1 Å². The zero-order valence-corrected chi connectivity index (χ0v) is 9.07. The maximum atomic E-state index is 11.1. The van der Waals surface area contributed by atoms with Gasteiger partial charge in [0.2, 0.25) is 5.91 Å². The van der Waals surface area contributed by atoms with Crippen LogP contribution in [0.1, 0.15) is 12.8 Å². The van der Waals surface area contributed by atoms with Crippen molar-refractivity contribution in [2.24, 2.45) is 5.92 Å². The molecule has 1 unspecified atom stereocenters. The average molecular weight is 207 g/mol. The average Bonchev–Trinajstić information content (AvgIpc) is 2.27. The van der Waals surface area contributed by atoms with E-state index in [1.807, 2.05) is 0 Å². The summed E-state index contributed by atoms with van der Waals surface area (Å²) in [6.45, 7) is 12.5. The highest BCUT2D eigenvalue weighted by molar-refractivity contribution is 5.87. The van der Waals surface area contributed by atoms with E-state index in [-0.39, 0.29) is 18.0 Å². The Bertz CT molecular complexity index is 274. The minimum absolute atomic E-state index is 0.255. The van der Waals surface area contributed by atoms with Gasteiger partial charge in [-0.25, -0.2) is 6.57 Å². The summed E-state index contributed by atoms with van der Waals surface area (Å²) in [5, 5.41) is 2.67. The van der Waals surface area contributed by atoms with Crippen LogP contribution in [0, 0.1) is 12.5 Å². The van der Waals surface area contributed by atoms with Crippen LogP contribution >= 0.6 is 0 Å². The molecule has 1 aliphatic rings. The lowest BCUT2D eigenvalue weighted by molar-refractivity contribution is -0.117. The Balaban J connectivity index is 2.48. The van der Waals surface area contributed by atoms with Crippen molar-refractivity contribution in [2.75, 3.05) is 20.1 Å². The molecule has 0 radical (unpaired) electrons. The van der Waals surface area contributed by atoms with E-state index in [0.29, 0.717) is 0 Å². The van der Waals surface area contributed by atoms with Crippen molar-refractivity contribution in [1.29, 1.82) is 0 Å². The standard InChI is InChI=1S/C11H17N3O/c1-4-10(15)13-11(12-2)9-5-7-14(3)8-6-9/h4,9,11H,1,5-8H2,3H3,(H,13,15). The Morgan fingerprint density at radius 1 is 1.67 bits per heavy atom. The molecule has 1 heterocycles. The number of hydrogen-bond donors (Lipinski definition) is 1. The molecule has 4 nitrogen and oxygen atoms in total. The van der Waals surface area contributed by atoms with E-state index in [4.69, 9.17) is 6.57 Å². The van der Waals surface area contributed by atoms with Crippen LogP contribution in [-0.4, -0.2) is 37.1 Å². The maximum Gasteiger partial charge on any atom is 0.301 e. The fraction of sp³-hybridized carbons (Fsp3) is 0.636. The first-order valence-electron chi connectivity index (χ1n) is 5.15. The number of nitrogens with one attached hydrogen (secondary N) is 1. The van der Waals surface area contributed by atoms with E-state index >= 15 is 0 Å². The van der Waals surface area contributed by atoms with Crippen LogP contribution in [0.2, 0.25) is 0 Å². The summed E-state index contributed by atoms with van der Waals surface area (Å²) in [7, 11) is 2.07. The predicted octanol–water partition coefficient (Wildman–Crippen LogP) is 0.876. The molecule has 0 aromatic rings. The second-order valence-corrected chi connectivity index (χ2v) is 3.93. The van der Waals surface area contributed by atoms with Crippen LogP contribution in [0.3, 0.4) is 0 Å². The molecule has 1 aliphatic heterocycles. The summed E-state index contributed by atoms with van der Waals surface area (Å²) in [5.74, 6) is 0.0255. The number of nitrogens with zero attached hydrogens (tertiary/aromatic N) is 2. The van der Waals surface area contributed by atoms with Gasteiger partial charge in [-0.3, -0.25) is 15.0 Å². The molecule has 0 aliphatic carbocycles. The highest BCUT2D eigenvalue weighted by atomic mass is 16.1. The second-order valence-electron chi connectivity index (χ2n) is 3.93. The van der Waals surface area contributed by atoms with E-state index in [9.17, 15) is 4.79 Å². The van der Waals surface area contributed by atoms with Crippen LogP contribution in [0.25, 0.3) is 4.85 Å². The third-order valence-corrected chi connectivity index (χ3v) is 2.82. The molecule has 1 rings (SSSR count). The summed E-state index contributed by atoms with van der Waals surface area (Å²) in [6.07, 6.45) is 2.78. The van der Waals surface area contributed by atoms with E-state index in [2.05, 4.69) is 28.7 Å². The van der Waals surface area contributed by atoms with E-state index in [1.54, 1.807) is 0 Å². The Morgan fingerprint density at radius 3 is 2.73 bits per heavy atom. The monoisotopic (exact) mass is 207 g/mol. The summed E-state index contributed by atoms with van der Waals surface area (Å²) in [4.78, 5) is 16.8. The number of piperidine rings is 1. The van der Waals surface area contributed by atoms with Gasteiger partial charge in [0.1, 0.15) is 0 Å². The fourth-order valence-corrected chi connectivity index (χ4v) is 1.80. The van der Waals surface area contributed by atoms with Gasteiger partial charge in [0, 0.05) is 0 Å². The molecule has 1 amide bonds. The number of hydrogen-bond acceptors (Lipinski definition) is 2. The highest BCUT2D eigenvalue weighted by Crippen LogP contribution is 2.20. The predicted molar refractivity (Wildman–Crippen MR) is 59.0 cm³/mol. The van der Waals surface area contributed by atoms with Crippen molar-refractivity contribution >= 4 is 5.91 Å². The molecule has 82 valence electrons. The molecule has 1 saturated heterocycles. The quantitative estimate of drug-likeness (QED) is 0.551. The normalized spacial score (nSPS) is 20.3. The summed E-state index contributed by atoms with van der Waals surface area (Å²) >= 11 is 0. The lowest BCUT2D eigenvalue weighted by atomic mass is 9.94. The van der Waals surface area contributed by atoms with Gasteiger partial charge < -0.3 is 4.90 Å². The van der Waals surface area contributed by atoms with Gasteiger partial charge in [-0.1, -0.05) is 6.58 Å². The Hall–Kier alpha value is -1.34. The first-order chi connectivity index (χ1) is 7.17. The van der Waals surface area contributed by atoms with Gasteiger partial charge in [-0.2, -0.15) is 0 Å². The van der Waals surface area contributed by atoms with Crippen LogP contribution < -0.4 is 5.32 Å². The van der Waals surface area contributed by atoms with Crippen LogP contribution in [0.4, 0.5) is 0 Å². The highest BCUT2D eigenvalue weighted by Gasteiger charge is 2.30. The summed E-state index contributed by atoms with van der Waals surface area (Å²) in [6, 6.07) is 0. The zero-order valence-electron chi connectivity index (χ0n) is 9.07. The van der Waals surface area contributed by atoms with Gasteiger partial charge in [-0.15, -0.1) is 0 Å². The molecule has 1 fully saturated rings. The molecule has 0 aromatic carbocycles. The lowest BCUT2D eigenvalue weighted by Crippen LogP contribution is -2.42. The van der Waals surface area contributed by atoms with Gasteiger partial charge in [0.25, 0.3) is 0 Å². The number of carbonyl (C=O) groups is 1. The maximum absolute atomic E-state index is 11.1. The lowest BCUT2D eigenvalue weighted by Gasteiger charge is -2.29. The molecule has 1 N–H and O–H groups in total. The fourth-order valence-electron chi connectivity index (χ4n) is 1.80. The SMILES string of the molecule is [C-]#[N+]C(NC(=O)C=C)C1CCN(C)CC1. The number of rotatable bonds is 3. The molecular weight excluding hydrogens is 190 g/mol. The number of likely N-dealkylation sites (tertiary alicyclic amines) is 1. The van der Waals surface area contributed by atoms with Gasteiger partial charge in [0.15, 0.2) is 0 Å². The third-order valence-electron chi connectivity index (χ3n) is 2.82. The van der Waals surface area contributed by atoms with Crippen molar-refractivity contribution < 1.29 is 4.79 Å². The minimum Gasteiger partial charge on any atom is -0.306 e. The first-order valence-corrected chi connectivity index (χ1v) is 5.15. The Kier molecular flexibility index (Phi) is 4.32. The molecule has 1 atom stereocenters. The van der Waals surface area contributed by atoms with Crippen LogP contribution in [-0.2, 0) is 4.79 Å². The number of amides is 1. The molecule has 0 aromatic heterocycles. The van der Waals surface area contributed by atoms with E-state index < -0.39 is 0 Å². The van der Waals surface area contributed by atoms with Gasteiger partial charge in [0.05, 0.1) is 5.92 Å². The Morgan fingerprint density at radius 2 is 2.27 bits per heavy atom. The van der Waals surface area contributed by atoms with Crippen LogP contribution in [0.15, 0.2) is 12.7 Å². The van der Waals surface area contributed by atoms with Crippen LogP contribution in [0.5, 0.6) is 0 Å². The van der Waals surface area contributed by atoms with E-state index in [0.717, 1.165) is 25.9 Å². The molecular formula is C11H17N3O. The van der Waals surface area contributed by atoms with E-state index in [1.165, 1.54) is 6.08 Å². The first kappa shape index (κ1) is 11.7. The van der Waals surface area contributed by atoms with Crippen molar-refractivity contribution in [3.63, 3.8) is 0 Å². The largest absolute Gasteiger partial charge is 0.306 e. The number of carbonyl (C=O) groups excluding carboxylic acids is 1. The molecule has 0 bridgehead atoms. The van der Waals surface area contributed by atoms with Gasteiger partial charge in [-0.05, 0) is 39.1 Å². The molecule has 0 saturated carbocycles. The summed E-state index contributed by atoms with van der Waals surface area (Å²) < 4.78 is 0. The van der Waals surface area contributed by atoms with Gasteiger partial charge >= 0.3 is 6.17 Å². The Labute approximate surface area is 90.8 Å². The minimum atomic E-state index is -0.385. The third kappa shape index (κ3) is 3.37. The molecule has 15 heavy (non-hydrogen) atoms.